The fraction of sp³-hybridized carbons (Fsp3) is 0.371. The first-order chi connectivity index (χ1) is 58.1. The number of aromatic nitrogens is 12. The van der Waals surface area contributed by atoms with Gasteiger partial charge in [-0.25, -0.2) is 47.6 Å². The van der Waals surface area contributed by atoms with E-state index < -0.39 is 45.7 Å². The van der Waals surface area contributed by atoms with Crippen molar-refractivity contribution in [3.05, 3.63) is 259 Å². The number of anilines is 4. The highest BCUT2D eigenvalue weighted by Gasteiger charge is 2.56. The smallest absolute Gasteiger partial charge is 0.332 e. The lowest BCUT2D eigenvalue weighted by Gasteiger charge is -2.27. The molecule has 123 heavy (non-hydrogen) atoms. The third kappa shape index (κ3) is 17.5. The maximum absolute atomic E-state index is 14.1. The molecule has 0 saturated carbocycles. The molecule has 0 aliphatic carbocycles. The van der Waals surface area contributed by atoms with Crippen LogP contribution in [-0.2, 0) is 71.3 Å². The van der Waals surface area contributed by atoms with E-state index in [0.29, 0.717) is 81.5 Å². The second-order valence-corrected chi connectivity index (χ2v) is 33.3. The molecule has 8 aromatic heterocycles. The van der Waals surface area contributed by atoms with E-state index in [0.717, 1.165) is 102 Å². The van der Waals surface area contributed by atoms with E-state index in [1.807, 2.05) is 117 Å². The molecule has 0 bridgehead atoms. The maximum Gasteiger partial charge on any atom is 0.332 e. The zero-order chi connectivity index (χ0) is 88.8. The Kier molecular flexibility index (Phi) is 24.3. The first kappa shape index (κ1) is 87.0. The number of benzene rings is 4. The summed E-state index contributed by atoms with van der Waals surface area (Å²) in [7, 11) is 0. The van der Waals surface area contributed by atoms with Crippen LogP contribution >= 0.6 is 0 Å². The first-order valence-electron chi connectivity index (χ1n) is 40.2. The lowest BCUT2D eigenvalue weighted by molar-refractivity contribution is -0.124. The normalized spacial score (nSPS) is 15.9. The van der Waals surface area contributed by atoms with Crippen molar-refractivity contribution in [2.24, 2.45) is 0 Å². The molecule has 642 valence electrons. The van der Waals surface area contributed by atoms with Crippen LogP contribution in [0.3, 0.4) is 0 Å². The predicted molar refractivity (Wildman–Crippen MR) is 449 cm³/mol. The van der Waals surface area contributed by atoms with Crippen molar-refractivity contribution in [2.45, 2.75) is 206 Å². The van der Waals surface area contributed by atoms with Crippen LogP contribution in [-0.4, -0.2) is 162 Å². The Morgan fingerprint density at radius 3 is 1.04 bits per heavy atom. The summed E-state index contributed by atoms with van der Waals surface area (Å²) in [5.74, 6) is 0.321. The van der Waals surface area contributed by atoms with E-state index in [1.54, 1.807) is 139 Å². The van der Waals surface area contributed by atoms with E-state index >= 15 is 0 Å². The summed E-state index contributed by atoms with van der Waals surface area (Å²) >= 11 is 0. The largest absolute Gasteiger partial charge is 0.361 e. The summed E-state index contributed by atoms with van der Waals surface area (Å²) in [5.41, 5.74) is 11.2. The van der Waals surface area contributed by atoms with Crippen molar-refractivity contribution in [1.29, 1.82) is 0 Å². The maximum atomic E-state index is 14.1. The minimum Gasteiger partial charge on any atom is -0.361 e. The Hall–Kier alpha value is -13.8. The molecule has 4 saturated heterocycles. The van der Waals surface area contributed by atoms with Crippen molar-refractivity contribution in [3.63, 3.8) is 0 Å². The molecule has 34 heteroatoms. The molecular weight excluding hydrogens is 1580 g/mol. The van der Waals surface area contributed by atoms with Gasteiger partial charge in [-0.2, -0.15) is 20.4 Å². The summed E-state index contributed by atoms with van der Waals surface area (Å²) in [6, 6.07) is 25.7. The molecule has 4 aromatic carbocycles. The van der Waals surface area contributed by atoms with Crippen molar-refractivity contribution in [2.75, 3.05) is 32.7 Å². The topological polar surface area (TPSA) is 338 Å². The van der Waals surface area contributed by atoms with Crippen LogP contribution in [0.15, 0.2) is 159 Å². The number of halogens is 2. The molecule has 4 aliphatic heterocycles. The Bertz CT molecular complexity index is 5950. The number of urea groups is 4. The number of carbonyl (C=O) groups is 8. The molecule has 12 aromatic rings. The van der Waals surface area contributed by atoms with Crippen LogP contribution in [0.4, 0.5) is 50.7 Å². The second-order valence-electron chi connectivity index (χ2n) is 33.3. The molecule has 32 nitrogen and oxygen atoms in total. The van der Waals surface area contributed by atoms with Gasteiger partial charge in [0.05, 0.1) is 103 Å². The Labute approximate surface area is 709 Å². The number of hydrogen-bond donors (Lipinski definition) is 0. The standard InChI is InChI=1S/2C23H27N5O3.C22H25N5O3.C21H21F2N5O3/c1-15-7-6-8-18(11-15)9-10-27-22(30)28(21(29)23(27,4)5)19-12-24-26(13-19)14-20-16(2)25-31-17(20)3;1-15-8-6-7-9-18(15)10-11-27-22(30)28(21(29)23(27,4)5)19-12-24-26(13-19)14-20-16(2)25-31-17(20)3;1-14-6-8-17(9-7-14)11-26-21(29)27(20(28)22(26,4)5)18-10-23-25(12-18)13-19-15(2)24-30-16(19)3;1-12-17(13(2)31-25-12)11-26-10-16(8-24-26)28-19(29)21(3,4)27(20(28)30)9-14-7-15(22)5-6-18(14)23/h6-8,11-13H,9-10,14H2,1-5H3;6-9,12-13H,10-11,14H2,1-5H3;6-10,12H,11,13H2,1-5H3;5-8,10H,9,11H2,1-4H3. The van der Waals surface area contributed by atoms with Gasteiger partial charge in [0.2, 0.25) is 0 Å². The average molecular weight is 1680 g/mol. The molecule has 4 aliphatic rings. The lowest BCUT2D eigenvalue weighted by atomic mass is 10.0. The summed E-state index contributed by atoms with van der Waals surface area (Å²) in [4.78, 5) is 116. The van der Waals surface area contributed by atoms with E-state index in [1.165, 1.54) is 42.5 Å². The highest BCUT2D eigenvalue weighted by Crippen LogP contribution is 2.39. The van der Waals surface area contributed by atoms with Gasteiger partial charge in [0, 0.05) is 72.2 Å². The number of hydrogen-bond acceptors (Lipinski definition) is 20. The van der Waals surface area contributed by atoms with Gasteiger partial charge in [0.25, 0.3) is 23.6 Å². The molecule has 16 rings (SSSR count). The van der Waals surface area contributed by atoms with E-state index in [-0.39, 0.29) is 53.6 Å². The molecule has 0 unspecified atom stereocenters. The van der Waals surface area contributed by atoms with Crippen LogP contribution in [0.25, 0.3) is 0 Å². The second kappa shape index (κ2) is 34.4. The zero-order valence-electron chi connectivity index (χ0n) is 72.4. The van der Waals surface area contributed by atoms with Gasteiger partial charge in [0.15, 0.2) is 0 Å². The van der Waals surface area contributed by atoms with Crippen LogP contribution in [0, 0.1) is 87.8 Å². The zero-order valence-corrected chi connectivity index (χ0v) is 72.4. The van der Waals surface area contributed by atoms with Crippen molar-refractivity contribution < 1.29 is 65.2 Å². The van der Waals surface area contributed by atoms with Gasteiger partial charge in [-0.1, -0.05) is 105 Å². The predicted octanol–water partition coefficient (Wildman–Crippen LogP) is 14.4. The summed E-state index contributed by atoms with van der Waals surface area (Å²) < 4.78 is 55.1. The summed E-state index contributed by atoms with van der Waals surface area (Å²) in [6.45, 7) is 37.5. The van der Waals surface area contributed by atoms with E-state index in [4.69, 9.17) is 18.1 Å². The Morgan fingerprint density at radius 1 is 0.333 bits per heavy atom. The van der Waals surface area contributed by atoms with E-state index in [9.17, 15) is 47.1 Å². The lowest BCUT2D eigenvalue weighted by Crippen LogP contribution is -2.45. The molecule has 0 spiro atoms. The van der Waals surface area contributed by atoms with Gasteiger partial charge >= 0.3 is 24.1 Å². The van der Waals surface area contributed by atoms with Gasteiger partial charge in [-0.15, -0.1) is 0 Å². The number of rotatable bonds is 22. The fourth-order valence-corrected chi connectivity index (χ4v) is 15.3. The highest BCUT2D eigenvalue weighted by molar-refractivity contribution is 6.25. The molecule has 0 radical (unpaired) electrons. The number of nitrogens with zero attached hydrogens (tertiary/aromatic N) is 20. The minimum absolute atomic E-state index is 0.00909. The Morgan fingerprint density at radius 2 is 0.683 bits per heavy atom. The van der Waals surface area contributed by atoms with Gasteiger partial charge in [-0.3, -0.25) is 37.9 Å². The molecule has 4 fully saturated rings. The minimum atomic E-state index is -1.25. The fourth-order valence-electron chi connectivity index (χ4n) is 15.3. The number of carbonyl (C=O) groups excluding carboxylic acids is 8. The van der Waals surface area contributed by atoms with Crippen LogP contribution in [0.5, 0.6) is 0 Å². The third-order valence-electron chi connectivity index (χ3n) is 23.2. The van der Waals surface area contributed by atoms with Gasteiger partial charge in [0.1, 0.15) is 56.8 Å². The van der Waals surface area contributed by atoms with Crippen molar-refractivity contribution >= 4 is 70.5 Å². The summed E-state index contributed by atoms with van der Waals surface area (Å²) in [6.07, 6.45) is 14.1. The van der Waals surface area contributed by atoms with Crippen LogP contribution < -0.4 is 19.6 Å². The molecule has 0 N–H and O–H groups in total. The van der Waals surface area contributed by atoms with Crippen molar-refractivity contribution in [1.82, 2.24) is 79.3 Å². The SMILES string of the molecule is Cc1ccc(CN2C(=O)N(c3cnn(Cc4c(C)noc4C)c3)C(=O)C2(C)C)cc1.Cc1cccc(CCN2C(=O)N(c3cnn(Cc4c(C)noc4C)c3)C(=O)C2(C)C)c1.Cc1ccccc1CCN1C(=O)N(c2cnn(Cc3c(C)noc3C)c2)C(=O)C1(C)C.Cc1noc(C)c1Cn1cc(N2C(=O)N(Cc3cc(F)ccc3F)C(C)(C)C2=O)cn1. The first-order valence-corrected chi connectivity index (χ1v) is 40.2. The molecule has 12 heterocycles. The van der Waals surface area contributed by atoms with Gasteiger partial charge in [-0.05, 0) is 185 Å². The molecule has 12 amide bonds. The monoisotopic (exact) mass is 1680 g/mol. The van der Waals surface area contributed by atoms with Crippen molar-refractivity contribution in [3.8, 4) is 0 Å². The molecular formula is C89H100F2N20O12. The summed E-state index contributed by atoms with van der Waals surface area (Å²) in [5, 5.41) is 33.0. The quantitative estimate of drug-likeness (QED) is 0.0569. The molecule has 0 atom stereocenters. The average Bonchev–Trinajstić information content (AvgIpc) is 1.61. The Balaban J connectivity index is 0.000000141. The van der Waals surface area contributed by atoms with E-state index in [2.05, 4.69) is 66.1 Å². The number of amides is 12. The number of imide groups is 4. The number of aryl methyl sites for hydroxylation is 11. The third-order valence-corrected chi connectivity index (χ3v) is 23.2. The van der Waals surface area contributed by atoms with Crippen LogP contribution in [0.2, 0.25) is 0 Å². The van der Waals surface area contributed by atoms with Crippen LogP contribution in [0.1, 0.15) is 162 Å². The van der Waals surface area contributed by atoms with Gasteiger partial charge < -0.3 is 37.7 Å². The highest BCUT2D eigenvalue weighted by atomic mass is 19.1.